The zero-order chi connectivity index (χ0) is 11.8. The molecule has 3 heteroatoms. The average molecular weight is 219 g/mol. The standard InChI is InChI=1S/C13H17NO2/c1-9-5-10(2)7-11(6-9)12(15)13(14)3-4-16-8-13/h5-7H,3-4,8,14H2,1-2H3. The smallest absolute Gasteiger partial charge is 0.185 e. The third kappa shape index (κ3) is 2.01. The molecule has 16 heavy (non-hydrogen) atoms. The van der Waals surface area contributed by atoms with E-state index in [1.54, 1.807) is 0 Å². The average Bonchev–Trinajstić information content (AvgIpc) is 2.64. The molecule has 1 fully saturated rings. The van der Waals surface area contributed by atoms with Crippen LogP contribution >= 0.6 is 0 Å². The molecule has 0 aromatic heterocycles. The van der Waals surface area contributed by atoms with Crippen LogP contribution in [0.15, 0.2) is 18.2 Å². The predicted molar refractivity (Wildman–Crippen MR) is 62.6 cm³/mol. The van der Waals surface area contributed by atoms with E-state index in [0.717, 1.165) is 11.1 Å². The number of ether oxygens (including phenoxy) is 1. The number of carbonyl (C=O) groups is 1. The molecule has 1 heterocycles. The summed E-state index contributed by atoms with van der Waals surface area (Å²) < 4.78 is 5.22. The van der Waals surface area contributed by atoms with Crippen molar-refractivity contribution in [2.45, 2.75) is 25.8 Å². The maximum Gasteiger partial charge on any atom is 0.185 e. The SMILES string of the molecule is Cc1cc(C)cc(C(=O)C2(N)CCOC2)c1. The minimum absolute atomic E-state index is 0.00296. The molecule has 0 saturated carbocycles. The van der Waals surface area contributed by atoms with E-state index >= 15 is 0 Å². The molecular formula is C13H17NO2. The second-order valence-corrected chi connectivity index (χ2v) is 4.66. The van der Waals surface area contributed by atoms with Crippen LogP contribution in [-0.4, -0.2) is 24.5 Å². The summed E-state index contributed by atoms with van der Waals surface area (Å²) in [5.41, 5.74) is 8.12. The molecule has 1 aromatic carbocycles. The van der Waals surface area contributed by atoms with Crippen molar-refractivity contribution in [3.8, 4) is 0 Å². The minimum atomic E-state index is -0.819. The highest BCUT2D eigenvalue weighted by atomic mass is 16.5. The van der Waals surface area contributed by atoms with Gasteiger partial charge >= 0.3 is 0 Å². The number of carbonyl (C=O) groups excluding carboxylic acids is 1. The van der Waals surface area contributed by atoms with Gasteiger partial charge in [-0.1, -0.05) is 17.2 Å². The number of nitrogens with two attached hydrogens (primary N) is 1. The van der Waals surface area contributed by atoms with Gasteiger partial charge in [0, 0.05) is 12.2 Å². The first kappa shape index (κ1) is 11.3. The van der Waals surface area contributed by atoms with Gasteiger partial charge in [-0.3, -0.25) is 4.79 Å². The number of Topliss-reactive ketones (excluding diaryl/α,β-unsaturated/α-hetero) is 1. The fourth-order valence-corrected chi connectivity index (χ4v) is 2.15. The Hall–Kier alpha value is -1.19. The highest BCUT2D eigenvalue weighted by Gasteiger charge is 2.38. The van der Waals surface area contributed by atoms with Crippen LogP contribution < -0.4 is 5.73 Å². The molecule has 86 valence electrons. The Labute approximate surface area is 95.6 Å². The zero-order valence-electron chi connectivity index (χ0n) is 9.75. The fourth-order valence-electron chi connectivity index (χ4n) is 2.15. The van der Waals surface area contributed by atoms with Crippen LogP contribution in [-0.2, 0) is 4.74 Å². The molecule has 1 unspecified atom stereocenters. The summed E-state index contributed by atoms with van der Waals surface area (Å²) in [5.74, 6) is -0.00296. The second kappa shape index (κ2) is 4.00. The molecular weight excluding hydrogens is 202 g/mol. The number of ketones is 1. The second-order valence-electron chi connectivity index (χ2n) is 4.66. The van der Waals surface area contributed by atoms with Crippen LogP contribution in [0.3, 0.4) is 0 Å². The maximum atomic E-state index is 12.3. The number of hydrogen-bond donors (Lipinski definition) is 1. The lowest BCUT2D eigenvalue weighted by Gasteiger charge is -2.20. The molecule has 0 amide bonds. The maximum absolute atomic E-state index is 12.3. The van der Waals surface area contributed by atoms with Gasteiger partial charge in [-0.15, -0.1) is 0 Å². The Morgan fingerprint density at radius 3 is 2.44 bits per heavy atom. The van der Waals surface area contributed by atoms with Gasteiger partial charge in [0.2, 0.25) is 0 Å². The summed E-state index contributed by atoms with van der Waals surface area (Å²) >= 11 is 0. The quantitative estimate of drug-likeness (QED) is 0.769. The molecule has 0 radical (unpaired) electrons. The van der Waals surface area contributed by atoms with Crippen molar-refractivity contribution in [3.63, 3.8) is 0 Å². The van der Waals surface area contributed by atoms with Crippen molar-refractivity contribution >= 4 is 5.78 Å². The Balaban J connectivity index is 2.33. The van der Waals surface area contributed by atoms with Gasteiger partial charge in [0.25, 0.3) is 0 Å². The summed E-state index contributed by atoms with van der Waals surface area (Å²) in [4.78, 5) is 12.3. The van der Waals surface area contributed by atoms with Gasteiger partial charge in [0.15, 0.2) is 5.78 Å². The summed E-state index contributed by atoms with van der Waals surface area (Å²) in [6.07, 6.45) is 0.610. The first-order valence-corrected chi connectivity index (χ1v) is 5.51. The fraction of sp³-hybridized carbons (Fsp3) is 0.462. The topological polar surface area (TPSA) is 52.3 Å². The van der Waals surface area contributed by atoms with E-state index in [1.165, 1.54) is 0 Å². The third-order valence-electron chi connectivity index (χ3n) is 2.99. The van der Waals surface area contributed by atoms with E-state index < -0.39 is 5.54 Å². The lowest BCUT2D eigenvalue weighted by molar-refractivity contribution is 0.0863. The minimum Gasteiger partial charge on any atom is -0.379 e. The molecule has 1 aliphatic heterocycles. The van der Waals surface area contributed by atoms with E-state index in [-0.39, 0.29) is 5.78 Å². The molecule has 3 nitrogen and oxygen atoms in total. The van der Waals surface area contributed by atoms with E-state index in [4.69, 9.17) is 10.5 Å². The monoisotopic (exact) mass is 219 g/mol. The molecule has 0 aliphatic carbocycles. The zero-order valence-corrected chi connectivity index (χ0v) is 9.75. The van der Waals surface area contributed by atoms with Crippen LogP contribution in [0.4, 0.5) is 0 Å². The third-order valence-corrected chi connectivity index (χ3v) is 2.99. The van der Waals surface area contributed by atoms with Crippen molar-refractivity contribution < 1.29 is 9.53 Å². The van der Waals surface area contributed by atoms with Crippen LogP contribution in [0.25, 0.3) is 0 Å². The molecule has 2 rings (SSSR count). The Bertz CT molecular complexity index is 400. The van der Waals surface area contributed by atoms with Crippen LogP contribution in [0.5, 0.6) is 0 Å². The van der Waals surface area contributed by atoms with Crippen LogP contribution in [0, 0.1) is 13.8 Å². The number of rotatable bonds is 2. The summed E-state index contributed by atoms with van der Waals surface area (Å²) in [6.45, 7) is 4.88. The van der Waals surface area contributed by atoms with Crippen LogP contribution in [0.2, 0.25) is 0 Å². The Morgan fingerprint density at radius 1 is 1.31 bits per heavy atom. The normalized spacial score (nSPS) is 24.7. The molecule has 0 bridgehead atoms. The van der Waals surface area contributed by atoms with E-state index in [0.29, 0.717) is 25.2 Å². The highest BCUT2D eigenvalue weighted by Crippen LogP contribution is 2.22. The Kier molecular flexibility index (Phi) is 2.82. The van der Waals surface area contributed by atoms with E-state index in [1.807, 2.05) is 32.0 Å². The van der Waals surface area contributed by atoms with Gasteiger partial charge in [0.1, 0.15) is 5.54 Å². The molecule has 1 saturated heterocycles. The highest BCUT2D eigenvalue weighted by molar-refractivity contribution is 6.03. The molecule has 1 aliphatic rings. The summed E-state index contributed by atoms with van der Waals surface area (Å²) in [7, 11) is 0. The number of aryl methyl sites for hydroxylation is 2. The first-order valence-electron chi connectivity index (χ1n) is 5.51. The predicted octanol–water partition coefficient (Wildman–Crippen LogP) is 1.60. The largest absolute Gasteiger partial charge is 0.379 e. The van der Waals surface area contributed by atoms with Gasteiger partial charge in [-0.2, -0.15) is 0 Å². The number of hydrogen-bond acceptors (Lipinski definition) is 3. The summed E-state index contributed by atoms with van der Waals surface area (Å²) in [6, 6.07) is 5.83. The lowest BCUT2D eigenvalue weighted by atomic mass is 9.88. The van der Waals surface area contributed by atoms with Crippen molar-refractivity contribution in [2.24, 2.45) is 5.73 Å². The van der Waals surface area contributed by atoms with Crippen molar-refractivity contribution in [1.82, 2.24) is 0 Å². The molecule has 1 aromatic rings. The Morgan fingerprint density at radius 2 is 1.94 bits per heavy atom. The molecule has 0 spiro atoms. The van der Waals surface area contributed by atoms with Crippen LogP contribution in [0.1, 0.15) is 27.9 Å². The van der Waals surface area contributed by atoms with E-state index in [2.05, 4.69) is 0 Å². The van der Waals surface area contributed by atoms with Crippen molar-refractivity contribution in [3.05, 3.63) is 34.9 Å². The molecule has 1 atom stereocenters. The van der Waals surface area contributed by atoms with Gasteiger partial charge in [0.05, 0.1) is 6.61 Å². The van der Waals surface area contributed by atoms with Crippen molar-refractivity contribution in [1.29, 1.82) is 0 Å². The first-order chi connectivity index (χ1) is 7.51. The van der Waals surface area contributed by atoms with Gasteiger partial charge in [-0.25, -0.2) is 0 Å². The number of benzene rings is 1. The van der Waals surface area contributed by atoms with Gasteiger partial charge < -0.3 is 10.5 Å². The van der Waals surface area contributed by atoms with E-state index in [9.17, 15) is 4.79 Å². The molecule has 2 N–H and O–H groups in total. The van der Waals surface area contributed by atoms with Crippen molar-refractivity contribution in [2.75, 3.05) is 13.2 Å². The lowest BCUT2D eigenvalue weighted by Crippen LogP contribution is -2.48. The van der Waals surface area contributed by atoms with Gasteiger partial charge in [-0.05, 0) is 32.4 Å². The summed E-state index contributed by atoms with van der Waals surface area (Å²) in [5, 5.41) is 0.